The number of hydrogen-bond donors (Lipinski definition) is 0. The fourth-order valence-corrected chi connectivity index (χ4v) is 4.47. The molecule has 0 N–H and O–H groups in total. The van der Waals surface area contributed by atoms with Gasteiger partial charge < -0.3 is 10.2 Å². The van der Waals surface area contributed by atoms with Gasteiger partial charge in [-0.3, -0.25) is 0 Å². The van der Waals surface area contributed by atoms with Gasteiger partial charge in [0.2, 0.25) is 0 Å². The summed E-state index contributed by atoms with van der Waals surface area (Å²) in [5.74, 6) is 0. The third-order valence-corrected chi connectivity index (χ3v) is 5.59. The van der Waals surface area contributed by atoms with Crippen LogP contribution in [0.2, 0.25) is 8.26 Å². The van der Waals surface area contributed by atoms with Crippen molar-refractivity contribution in [3.63, 3.8) is 0 Å². The maximum atomic E-state index is 8.93. The van der Waals surface area contributed by atoms with Gasteiger partial charge in [0.25, 0.3) is 0 Å². The molecule has 1 atom stereocenters. The van der Waals surface area contributed by atoms with Crippen molar-refractivity contribution in [2.75, 3.05) is 13.2 Å². The molecule has 2 aliphatic carbocycles. The molecule has 1 unspecified atom stereocenters. The first-order valence-corrected chi connectivity index (χ1v) is 10.4. The van der Waals surface area contributed by atoms with E-state index < -0.39 is 0 Å². The summed E-state index contributed by atoms with van der Waals surface area (Å²) in [5.41, 5.74) is 3.55. The fraction of sp³-hybridized carbons (Fsp3) is 0.714. The molecule has 2 aliphatic rings. The molecule has 0 aromatic carbocycles. The normalized spacial score (nSPS) is 20.6. The van der Waals surface area contributed by atoms with Crippen molar-refractivity contribution in [2.24, 2.45) is 0 Å². The summed E-state index contributed by atoms with van der Waals surface area (Å²) in [6, 6.07) is 0. The van der Waals surface area contributed by atoms with Crippen LogP contribution in [0, 0.1) is 0 Å². The van der Waals surface area contributed by atoms with Crippen LogP contribution in [0.25, 0.3) is 0 Å². The van der Waals surface area contributed by atoms with Crippen LogP contribution in [-0.2, 0) is 23.2 Å². The number of hydrogen-bond acceptors (Lipinski definition) is 2. The van der Waals surface area contributed by atoms with Gasteiger partial charge in [0, 0.05) is 0 Å². The summed E-state index contributed by atoms with van der Waals surface area (Å²) in [6.45, 7) is 3.14. The van der Waals surface area contributed by atoms with E-state index in [0.717, 1.165) is 3.63 Å². The van der Waals surface area contributed by atoms with Gasteiger partial charge >= 0.3 is 80.5 Å². The first kappa shape index (κ1) is 17.3. The number of allylic oxidation sites excluding steroid dienone is 4. The van der Waals surface area contributed by atoms with E-state index >= 15 is 0 Å². The second-order valence-corrected chi connectivity index (χ2v) is 6.91. The zero-order valence-electron chi connectivity index (χ0n) is 11.3. The molecular formula is C14H24O2Zr. The first-order chi connectivity index (χ1) is 8.24. The average Bonchev–Trinajstić information content (AvgIpc) is 2.74. The summed E-state index contributed by atoms with van der Waals surface area (Å²) in [4.78, 5) is 0. The molecular weight excluding hydrogens is 291 g/mol. The van der Waals surface area contributed by atoms with E-state index in [0.29, 0.717) is 0 Å². The molecule has 0 amide bonds. The van der Waals surface area contributed by atoms with E-state index in [1.54, 1.807) is 19.4 Å². The Labute approximate surface area is 117 Å². The summed E-state index contributed by atoms with van der Waals surface area (Å²) in [7, 11) is 0. The second-order valence-electron chi connectivity index (χ2n) is 3.96. The van der Waals surface area contributed by atoms with Crippen LogP contribution < -0.4 is 10.2 Å². The van der Waals surface area contributed by atoms with Gasteiger partial charge in [0.05, 0.1) is 0 Å². The topological polar surface area (TPSA) is 46.1 Å². The molecule has 0 aliphatic heterocycles. The van der Waals surface area contributed by atoms with Crippen molar-refractivity contribution in [2.45, 2.75) is 47.8 Å². The Morgan fingerprint density at radius 3 is 2.24 bits per heavy atom. The predicted octanol–water partition coefficient (Wildman–Crippen LogP) is 2.08. The van der Waals surface area contributed by atoms with Gasteiger partial charge in [-0.1, -0.05) is 13.8 Å². The van der Waals surface area contributed by atoms with Crippen molar-refractivity contribution < 1.29 is 33.4 Å². The third-order valence-electron chi connectivity index (χ3n) is 2.73. The van der Waals surface area contributed by atoms with E-state index in [1.807, 2.05) is 5.57 Å². The molecule has 0 spiro atoms. The Kier molecular flexibility index (Phi) is 11.6. The molecule has 0 saturated heterocycles. The zero-order valence-corrected chi connectivity index (χ0v) is 13.7. The SMILES string of the molecule is CC[O-].CC[O-].[CH3][Zr+2][CH]1C=CC2=C1CCCC2. The minimum atomic E-state index is -0.0710. The Morgan fingerprint density at radius 1 is 1.18 bits per heavy atom. The molecule has 0 saturated carbocycles. The van der Waals surface area contributed by atoms with Crippen LogP contribution >= 0.6 is 0 Å². The van der Waals surface area contributed by atoms with E-state index in [1.165, 1.54) is 25.7 Å². The molecule has 0 bridgehead atoms. The van der Waals surface area contributed by atoms with Gasteiger partial charge in [-0.05, 0) is 0 Å². The summed E-state index contributed by atoms with van der Waals surface area (Å²) >= 11 is -0.0710. The van der Waals surface area contributed by atoms with Crippen molar-refractivity contribution in [3.05, 3.63) is 23.3 Å². The van der Waals surface area contributed by atoms with Crippen LogP contribution in [0.3, 0.4) is 0 Å². The standard InChI is InChI=1S/C9H11.2C2H5O.CH3.Zr/c1-2-5-9-7-3-6-8(9)4-1;2*1-2-3;;/h3,6-7H,1-2,4-5H2;2*2H2,1H3;1H3;/q;2*-1;;+2. The monoisotopic (exact) mass is 314 g/mol. The van der Waals surface area contributed by atoms with Crippen molar-refractivity contribution in [1.29, 1.82) is 0 Å². The van der Waals surface area contributed by atoms with Gasteiger partial charge in [-0.25, -0.2) is 0 Å². The minimum absolute atomic E-state index is 0. The molecule has 0 aromatic rings. The van der Waals surface area contributed by atoms with Crippen LogP contribution in [-0.4, -0.2) is 13.2 Å². The van der Waals surface area contributed by atoms with Crippen molar-refractivity contribution >= 4 is 0 Å². The van der Waals surface area contributed by atoms with Crippen LogP contribution in [0.4, 0.5) is 0 Å². The molecule has 2 rings (SSSR count). The molecule has 0 heterocycles. The zero-order chi connectivity index (χ0) is 13.1. The molecule has 17 heavy (non-hydrogen) atoms. The van der Waals surface area contributed by atoms with Crippen LogP contribution in [0.1, 0.15) is 39.5 Å². The van der Waals surface area contributed by atoms with E-state index in [-0.39, 0.29) is 36.4 Å². The van der Waals surface area contributed by atoms with Crippen LogP contribution in [0.5, 0.6) is 0 Å². The molecule has 96 valence electrons. The van der Waals surface area contributed by atoms with Gasteiger partial charge in [-0.15, -0.1) is 13.2 Å². The Bertz CT molecular complexity index is 245. The summed E-state index contributed by atoms with van der Waals surface area (Å²) in [6.07, 6.45) is 10.6. The average molecular weight is 316 g/mol. The Morgan fingerprint density at radius 2 is 1.71 bits per heavy atom. The quantitative estimate of drug-likeness (QED) is 0.744. The van der Waals surface area contributed by atoms with E-state index in [4.69, 9.17) is 10.2 Å². The summed E-state index contributed by atoms with van der Waals surface area (Å²) in [5, 5.41) is 17.9. The second kappa shape index (κ2) is 11.4. The molecule has 3 heteroatoms. The van der Waals surface area contributed by atoms with Gasteiger partial charge in [0.15, 0.2) is 0 Å². The number of rotatable bonds is 1. The molecule has 0 aromatic heterocycles. The predicted molar refractivity (Wildman–Crippen MR) is 65.3 cm³/mol. The van der Waals surface area contributed by atoms with Crippen molar-refractivity contribution in [1.82, 2.24) is 0 Å². The first-order valence-electron chi connectivity index (χ1n) is 6.48. The van der Waals surface area contributed by atoms with Gasteiger partial charge in [0.1, 0.15) is 0 Å². The van der Waals surface area contributed by atoms with Crippen molar-refractivity contribution in [3.8, 4) is 0 Å². The Balaban J connectivity index is 0.000000366. The van der Waals surface area contributed by atoms with E-state index in [2.05, 4.69) is 16.8 Å². The molecule has 2 nitrogen and oxygen atoms in total. The van der Waals surface area contributed by atoms with E-state index in [9.17, 15) is 0 Å². The van der Waals surface area contributed by atoms with Gasteiger partial charge in [-0.2, -0.15) is 0 Å². The van der Waals surface area contributed by atoms with Crippen LogP contribution in [0.15, 0.2) is 23.3 Å². The fourth-order valence-electron chi connectivity index (χ4n) is 2.10. The maximum absolute atomic E-state index is 8.93. The summed E-state index contributed by atoms with van der Waals surface area (Å²) < 4.78 is 3.44. The molecule has 0 radical (unpaired) electrons. The molecule has 0 fully saturated rings. The third kappa shape index (κ3) is 6.69. The Hall–Kier alpha value is 0.283.